The lowest BCUT2D eigenvalue weighted by Gasteiger charge is -2.24. The van der Waals surface area contributed by atoms with Gasteiger partial charge in [0.1, 0.15) is 5.75 Å². The molecular formula is C32H36O3. The van der Waals surface area contributed by atoms with Gasteiger partial charge >= 0.3 is 0 Å². The minimum atomic E-state index is -0.729. The van der Waals surface area contributed by atoms with E-state index in [4.69, 9.17) is 9.47 Å². The van der Waals surface area contributed by atoms with Gasteiger partial charge in [0.2, 0.25) is 0 Å². The molecule has 0 spiro atoms. The van der Waals surface area contributed by atoms with E-state index in [9.17, 15) is 5.11 Å². The van der Waals surface area contributed by atoms with Crippen LogP contribution in [0, 0.1) is 0 Å². The van der Waals surface area contributed by atoms with E-state index in [0.717, 1.165) is 42.6 Å². The maximum atomic E-state index is 10.7. The minimum absolute atomic E-state index is 0.0788. The van der Waals surface area contributed by atoms with Crippen molar-refractivity contribution in [2.24, 2.45) is 0 Å². The average molecular weight is 469 g/mol. The second kappa shape index (κ2) is 12.0. The molecule has 35 heavy (non-hydrogen) atoms. The first-order chi connectivity index (χ1) is 17.0. The lowest BCUT2D eigenvalue weighted by molar-refractivity contribution is 0.0530. The SMILES string of the molecule is COc1cccc(CCC=CC(CC2=CCCC2(C)O)OCc2ccc(-c3ccccc3)cc2)c1. The fourth-order valence-corrected chi connectivity index (χ4v) is 4.56. The summed E-state index contributed by atoms with van der Waals surface area (Å²) < 4.78 is 11.7. The maximum absolute atomic E-state index is 10.7. The topological polar surface area (TPSA) is 38.7 Å². The zero-order valence-electron chi connectivity index (χ0n) is 20.8. The molecule has 3 aromatic carbocycles. The summed E-state index contributed by atoms with van der Waals surface area (Å²) in [5.41, 5.74) is 5.17. The molecule has 0 aliphatic heterocycles. The Kier molecular flexibility index (Phi) is 8.57. The molecule has 0 aromatic heterocycles. The Labute approximate surface area is 209 Å². The molecule has 4 rings (SSSR count). The van der Waals surface area contributed by atoms with Gasteiger partial charge in [-0.05, 0) is 72.6 Å². The molecule has 1 aliphatic carbocycles. The third-order valence-electron chi connectivity index (χ3n) is 6.74. The third kappa shape index (κ3) is 7.17. The second-order valence-electron chi connectivity index (χ2n) is 9.48. The lowest BCUT2D eigenvalue weighted by Crippen LogP contribution is -2.26. The van der Waals surface area contributed by atoms with Gasteiger partial charge in [-0.25, -0.2) is 0 Å². The van der Waals surface area contributed by atoms with E-state index < -0.39 is 5.60 Å². The Bertz CT molecular complexity index is 1130. The standard InChI is InChI=1S/C32H36O3/c1-32(33)21-9-14-29(32)23-31(15-7-6-10-25-11-8-16-30(22-25)34-2)35-24-26-17-19-28(20-18-26)27-12-4-3-5-13-27/h3-5,7-8,11-20,22,31,33H,6,9-10,21,23-24H2,1-2H3. The molecule has 0 bridgehead atoms. The van der Waals surface area contributed by atoms with E-state index in [-0.39, 0.29) is 6.10 Å². The van der Waals surface area contributed by atoms with Crippen molar-refractivity contribution < 1.29 is 14.6 Å². The van der Waals surface area contributed by atoms with E-state index in [0.29, 0.717) is 13.0 Å². The van der Waals surface area contributed by atoms with Gasteiger partial charge < -0.3 is 14.6 Å². The molecule has 1 N–H and O–H groups in total. The number of benzene rings is 3. The van der Waals surface area contributed by atoms with Crippen LogP contribution in [0.25, 0.3) is 11.1 Å². The van der Waals surface area contributed by atoms with Gasteiger partial charge in [0.05, 0.1) is 25.4 Å². The molecule has 2 unspecified atom stereocenters. The predicted molar refractivity (Wildman–Crippen MR) is 143 cm³/mol. The molecule has 0 heterocycles. The monoisotopic (exact) mass is 468 g/mol. The summed E-state index contributed by atoms with van der Waals surface area (Å²) in [7, 11) is 1.70. The number of aryl methyl sites for hydroxylation is 1. The molecule has 0 saturated carbocycles. The number of ether oxygens (including phenoxy) is 2. The van der Waals surface area contributed by atoms with E-state index in [2.05, 4.69) is 78.9 Å². The zero-order chi connectivity index (χ0) is 24.5. The van der Waals surface area contributed by atoms with Crippen molar-refractivity contribution in [1.82, 2.24) is 0 Å². The number of hydrogen-bond donors (Lipinski definition) is 1. The Balaban J connectivity index is 1.38. The van der Waals surface area contributed by atoms with Crippen molar-refractivity contribution in [1.29, 1.82) is 0 Å². The highest BCUT2D eigenvalue weighted by Gasteiger charge is 2.30. The highest BCUT2D eigenvalue weighted by molar-refractivity contribution is 5.63. The van der Waals surface area contributed by atoms with Crippen molar-refractivity contribution in [3.8, 4) is 16.9 Å². The average Bonchev–Trinajstić information content (AvgIpc) is 3.23. The number of methoxy groups -OCH3 is 1. The van der Waals surface area contributed by atoms with E-state index in [1.165, 1.54) is 16.7 Å². The summed E-state index contributed by atoms with van der Waals surface area (Å²) in [6.07, 6.45) is 10.8. The van der Waals surface area contributed by atoms with Crippen molar-refractivity contribution in [3.05, 3.63) is 114 Å². The molecule has 0 radical (unpaired) electrons. The molecule has 3 nitrogen and oxygen atoms in total. The smallest absolute Gasteiger partial charge is 0.119 e. The van der Waals surface area contributed by atoms with Crippen molar-refractivity contribution in [2.75, 3.05) is 7.11 Å². The van der Waals surface area contributed by atoms with Crippen LogP contribution in [0.5, 0.6) is 5.75 Å². The fraction of sp³-hybridized carbons (Fsp3) is 0.312. The van der Waals surface area contributed by atoms with Gasteiger partial charge in [-0.1, -0.05) is 85.0 Å². The molecule has 3 heteroatoms. The van der Waals surface area contributed by atoms with Crippen LogP contribution in [0.4, 0.5) is 0 Å². The first-order valence-corrected chi connectivity index (χ1v) is 12.5. The third-order valence-corrected chi connectivity index (χ3v) is 6.74. The first kappa shape index (κ1) is 25.0. The maximum Gasteiger partial charge on any atom is 0.119 e. The number of hydrogen-bond acceptors (Lipinski definition) is 3. The summed E-state index contributed by atoms with van der Waals surface area (Å²) >= 11 is 0. The summed E-state index contributed by atoms with van der Waals surface area (Å²) in [5, 5.41) is 10.7. The highest BCUT2D eigenvalue weighted by Crippen LogP contribution is 2.33. The molecular weight excluding hydrogens is 432 g/mol. The highest BCUT2D eigenvalue weighted by atomic mass is 16.5. The number of rotatable bonds is 11. The Morgan fingerprint density at radius 1 is 0.943 bits per heavy atom. The van der Waals surface area contributed by atoms with Crippen molar-refractivity contribution in [2.45, 2.75) is 57.3 Å². The molecule has 3 aromatic rings. The quantitative estimate of drug-likeness (QED) is 0.300. The van der Waals surface area contributed by atoms with E-state index in [1.807, 2.05) is 25.1 Å². The molecule has 1 aliphatic rings. The molecule has 182 valence electrons. The molecule has 0 fully saturated rings. The van der Waals surface area contributed by atoms with Crippen LogP contribution in [0.2, 0.25) is 0 Å². The molecule has 0 amide bonds. The predicted octanol–water partition coefficient (Wildman–Crippen LogP) is 7.30. The minimum Gasteiger partial charge on any atom is -0.497 e. The van der Waals surface area contributed by atoms with Crippen LogP contribution in [0.15, 0.2) is 103 Å². The van der Waals surface area contributed by atoms with Crippen LogP contribution in [-0.4, -0.2) is 23.9 Å². The van der Waals surface area contributed by atoms with Crippen LogP contribution in [0.1, 0.15) is 43.7 Å². The first-order valence-electron chi connectivity index (χ1n) is 12.5. The van der Waals surface area contributed by atoms with Gasteiger partial charge in [0, 0.05) is 6.42 Å². The van der Waals surface area contributed by atoms with Crippen molar-refractivity contribution in [3.63, 3.8) is 0 Å². The zero-order valence-corrected chi connectivity index (χ0v) is 20.8. The van der Waals surface area contributed by atoms with Gasteiger partial charge in [-0.3, -0.25) is 0 Å². The van der Waals surface area contributed by atoms with Gasteiger partial charge in [-0.2, -0.15) is 0 Å². The summed E-state index contributed by atoms with van der Waals surface area (Å²) in [4.78, 5) is 0. The van der Waals surface area contributed by atoms with E-state index >= 15 is 0 Å². The van der Waals surface area contributed by atoms with Crippen LogP contribution in [0.3, 0.4) is 0 Å². The summed E-state index contributed by atoms with van der Waals surface area (Å²) in [5.74, 6) is 0.890. The normalized spacial score (nSPS) is 18.5. The molecule has 2 atom stereocenters. The van der Waals surface area contributed by atoms with E-state index in [1.54, 1.807) is 7.11 Å². The van der Waals surface area contributed by atoms with Crippen LogP contribution < -0.4 is 4.74 Å². The Morgan fingerprint density at radius 2 is 1.71 bits per heavy atom. The largest absolute Gasteiger partial charge is 0.497 e. The number of aliphatic hydroxyl groups is 1. The van der Waals surface area contributed by atoms with Crippen molar-refractivity contribution >= 4 is 0 Å². The van der Waals surface area contributed by atoms with Crippen LogP contribution >= 0.6 is 0 Å². The molecule has 0 saturated heterocycles. The Morgan fingerprint density at radius 3 is 2.43 bits per heavy atom. The second-order valence-corrected chi connectivity index (χ2v) is 9.48. The van der Waals surface area contributed by atoms with Gasteiger partial charge in [0.15, 0.2) is 0 Å². The lowest BCUT2D eigenvalue weighted by atomic mass is 9.93. The summed E-state index contributed by atoms with van der Waals surface area (Å²) in [6, 6.07) is 27.2. The van der Waals surface area contributed by atoms with Gasteiger partial charge in [0.25, 0.3) is 0 Å². The van der Waals surface area contributed by atoms with Gasteiger partial charge in [-0.15, -0.1) is 0 Å². The van der Waals surface area contributed by atoms with Crippen LogP contribution in [-0.2, 0) is 17.8 Å². The Hall–Kier alpha value is -3.14. The number of allylic oxidation sites excluding steroid dienone is 2. The summed E-state index contributed by atoms with van der Waals surface area (Å²) in [6.45, 7) is 2.45. The fourth-order valence-electron chi connectivity index (χ4n) is 4.56.